The molecule has 0 bridgehead atoms. The van der Waals surface area contributed by atoms with Crippen LogP contribution in [-0.4, -0.2) is 9.94 Å². The van der Waals surface area contributed by atoms with Crippen molar-refractivity contribution in [3.05, 3.63) is 33.9 Å². The minimum atomic E-state index is -0.341. The monoisotopic (exact) mass is 203 g/mol. The fourth-order valence-corrected chi connectivity index (χ4v) is 1.73. The van der Waals surface area contributed by atoms with Crippen LogP contribution in [0.1, 0.15) is 0 Å². The van der Waals surface area contributed by atoms with Gasteiger partial charge in [-0.25, -0.2) is 0 Å². The lowest BCUT2D eigenvalue weighted by Gasteiger charge is -1.88. The summed E-state index contributed by atoms with van der Waals surface area (Å²) in [7, 11) is 0. The van der Waals surface area contributed by atoms with Gasteiger partial charge in [-0.15, -0.1) is 17.1 Å². The average Bonchev–Trinajstić information content (AvgIpc) is 2.30. The molecule has 0 atom stereocenters. The Bertz CT molecular complexity index is 448. The van der Waals surface area contributed by atoms with Crippen molar-refractivity contribution in [2.45, 2.75) is 0 Å². The van der Waals surface area contributed by atoms with Crippen LogP contribution in [0, 0.1) is 0 Å². The summed E-state index contributed by atoms with van der Waals surface area (Å²) in [6.45, 7) is 0. The van der Waals surface area contributed by atoms with Gasteiger partial charge in [-0.3, -0.25) is 4.79 Å². The van der Waals surface area contributed by atoms with Gasteiger partial charge in [-0.05, 0) is 12.1 Å². The van der Waals surface area contributed by atoms with E-state index in [1.54, 1.807) is 18.2 Å². The van der Waals surface area contributed by atoms with Gasteiger partial charge in [-0.2, -0.15) is 0 Å². The molecular weight excluding hydrogens is 198 g/mol. The van der Waals surface area contributed by atoms with Gasteiger partial charge in [0.15, 0.2) is 0 Å². The first-order valence-electron chi connectivity index (χ1n) is 3.09. The van der Waals surface area contributed by atoms with Gasteiger partial charge in [0.2, 0.25) is 0 Å². The second-order valence-electron chi connectivity index (χ2n) is 2.15. The third-order valence-corrected chi connectivity index (χ3v) is 2.38. The van der Waals surface area contributed by atoms with Crippen LogP contribution < -0.4 is 4.87 Å². The summed E-state index contributed by atoms with van der Waals surface area (Å²) >= 11 is 1.04. The number of rotatable bonds is 0. The van der Waals surface area contributed by atoms with E-state index in [1.807, 2.05) is 6.07 Å². The number of thiazole rings is 1. The van der Waals surface area contributed by atoms with Gasteiger partial charge in [0.25, 0.3) is 0 Å². The van der Waals surface area contributed by atoms with E-state index in [0.29, 0.717) is 10.2 Å². The first-order chi connectivity index (χ1) is 5.29. The quantitative estimate of drug-likeness (QED) is 0.663. The minimum absolute atomic E-state index is 0. The highest BCUT2D eigenvalue weighted by molar-refractivity contribution is 7.16. The summed E-state index contributed by atoms with van der Waals surface area (Å²) < 4.78 is 1.47. The SMILES string of the molecule is Cl.O=c1sc2ccccc2n1O. The van der Waals surface area contributed by atoms with E-state index in [9.17, 15) is 4.79 Å². The van der Waals surface area contributed by atoms with Gasteiger partial charge in [-0.1, -0.05) is 23.5 Å². The molecule has 0 saturated heterocycles. The highest BCUT2D eigenvalue weighted by atomic mass is 35.5. The van der Waals surface area contributed by atoms with E-state index in [0.717, 1.165) is 16.0 Å². The third kappa shape index (κ3) is 1.19. The highest BCUT2D eigenvalue weighted by Crippen LogP contribution is 2.14. The van der Waals surface area contributed by atoms with Crippen LogP contribution >= 0.6 is 23.7 Å². The molecule has 0 spiro atoms. The van der Waals surface area contributed by atoms with Gasteiger partial charge >= 0.3 is 4.87 Å². The smallest absolute Gasteiger partial charge is 0.340 e. The van der Waals surface area contributed by atoms with Crippen LogP contribution in [0.4, 0.5) is 0 Å². The molecule has 0 fully saturated rings. The minimum Gasteiger partial charge on any atom is -0.424 e. The summed E-state index contributed by atoms with van der Waals surface area (Å²) in [6.07, 6.45) is 0. The molecule has 1 aromatic carbocycles. The summed E-state index contributed by atoms with van der Waals surface area (Å²) in [6, 6.07) is 7.11. The van der Waals surface area contributed by atoms with Crippen LogP contribution in [0.25, 0.3) is 10.2 Å². The Morgan fingerprint density at radius 1 is 1.33 bits per heavy atom. The second-order valence-corrected chi connectivity index (χ2v) is 3.14. The fourth-order valence-electron chi connectivity index (χ4n) is 0.954. The maximum Gasteiger partial charge on any atom is 0.340 e. The number of hydrogen-bond acceptors (Lipinski definition) is 3. The van der Waals surface area contributed by atoms with Gasteiger partial charge in [0.1, 0.15) is 5.52 Å². The van der Waals surface area contributed by atoms with Crippen molar-refractivity contribution in [3.8, 4) is 0 Å². The first-order valence-corrected chi connectivity index (χ1v) is 3.90. The van der Waals surface area contributed by atoms with Crippen LogP contribution in [0.5, 0.6) is 0 Å². The third-order valence-electron chi connectivity index (χ3n) is 1.46. The van der Waals surface area contributed by atoms with E-state index >= 15 is 0 Å². The molecule has 2 rings (SSSR count). The highest BCUT2D eigenvalue weighted by Gasteiger charge is 2.02. The largest absolute Gasteiger partial charge is 0.424 e. The molecule has 0 aliphatic heterocycles. The van der Waals surface area contributed by atoms with Crippen LogP contribution in [0.3, 0.4) is 0 Å². The number of fused-ring (bicyclic) bond motifs is 1. The Balaban J connectivity index is 0.000000720. The molecule has 64 valence electrons. The Kier molecular flexibility index (Phi) is 2.40. The Labute approximate surface area is 78.2 Å². The van der Waals surface area contributed by atoms with E-state index in [1.165, 1.54) is 0 Å². The number of aromatic nitrogens is 1. The number of nitrogens with zero attached hydrogens (tertiary/aromatic N) is 1. The van der Waals surface area contributed by atoms with E-state index in [-0.39, 0.29) is 17.3 Å². The van der Waals surface area contributed by atoms with E-state index < -0.39 is 0 Å². The molecular formula is C7H6ClNO2S. The lowest BCUT2D eigenvalue weighted by Crippen LogP contribution is -2.07. The van der Waals surface area contributed by atoms with Crippen molar-refractivity contribution >= 4 is 34.0 Å². The fraction of sp³-hybridized carbons (Fsp3) is 0. The summed E-state index contributed by atoms with van der Waals surface area (Å²) in [5.74, 6) is 0. The van der Waals surface area contributed by atoms with Crippen LogP contribution in [0.2, 0.25) is 0 Å². The average molecular weight is 204 g/mol. The maximum atomic E-state index is 10.9. The molecule has 0 aliphatic rings. The molecule has 0 unspecified atom stereocenters. The zero-order chi connectivity index (χ0) is 7.84. The standard InChI is InChI=1S/C7H5NO2S.ClH/c9-7-8(10)5-3-1-2-4-6(5)11-7;/h1-4,10H;1H. The van der Waals surface area contributed by atoms with Crippen molar-refractivity contribution in [1.29, 1.82) is 0 Å². The maximum absolute atomic E-state index is 10.9. The van der Waals surface area contributed by atoms with Crippen molar-refractivity contribution in [2.24, 2.45) is 0 Å². The first kappa shape index (κ1) is 9.09. The van der Waals surface area contributed by atoms with E-state index in [2.05, 4.69) is 0 Å². The molecule has 1 N–H and O–H groups in total. The Morgan fingerprint density at radius 3 is 2.67 bits per heavy atom. The zero-order valence-electron chi connectivity index (χ0n) is 5.93. The van der Waals surface area contributed by atoms with Crippen LogP contribution in [0.15, 0.2) is 29.1 Å². The normalized spacial score (nSPS) is 9.67. The lowest BCUT2D eigenvalue weighted by molar-refractivity contribution is 0.193. The summed E-state index contributed by atoms with van der Waals surface area (Å²) in [5.41, 5.74) is 0.572. The van der Waals surface area contributed by atoms with Gasteiger partial charge in [0, 0.05) is 0 Å². The van der Waals surface area contributed by atoms with Gasteiger partial charge in [0.05, 0.1) is 4.70 Å². The second kappa shape index (κ2) is 3.16. The molecule has 1 heterocycles. The van der Waals surface area contributed by atoms with Crippen LogP contribution in [-0.2, 0) is 0 Å². The van der Waals surface area contributed by atoms with Crippen molar-refractivity contribution < 1.29 is 5.21 Å². The van der Waals surface area contributed by atoms with Gasteiger partial charge < -0.3 is 5.21 Å². The molecule has 5 heteroatoms. The van der Waals surface area contributed by atoms with Crippen molar-refractivity contribution in [3.63, 3.8) is 0 Å². The lowest BCUT2D eigenvalue weighted by atomic mass is 10.3. The van der Waals surface area contributed by atoms with Crippen molar-refractivity contribution in [1.82, 2.24) is 4.73 Å². The number of benzene rings is 1. The van der Waals surface area contributed by atoms with Crippen molar-refractivity contribution in [2.75, 3.05) is 0 Å². The molecule has 2 aromatic rings. The molecule has 0 amide bonds. The Morgan fingerprint density at radius 2 is 2.00 bits per heavy atom. The number of para-hydroxylation sites is 1. The predicted molar refractivity (Wildman–Crippen MR) is 50.5 cm³/mol. The molecule has 3 nitrogen and oxygen atoms in total. The molecule has 0 saturated carbocycles. The predicted octanol–water partition coefficient (Wildman–Crippen LogP) is 1.72. The zero-order valence-corrected chi connectivity index (χ0v) is 7.56. The molecule has 0 radical (unpaired) electrons. The number of hydrogen-bond donors (Lipinski definition) is 1. The summed E-state index contributed by atoms with van der Waals surface area (Å²) in [5, 5.41) is 9.11. The number of halogens is 1. The topological polar surface area (TPSA) is 42.2 Å². The summed E-state index contributed by atoms with van der Waals surface area (Å²) in [4.78, 5) is 10.5. The molecule has 0 aliphatic carbocycles. The molecule has 1 aromatic heterocycles. The van der Waals surface area contributed by atoms with E-state index in [4.69, 9.17) is 5.21 Å². The molecule has 12 heavy (non-hydrogen) atoms. The Hall–Kier alpha value is -1.00.